The van der Waals surface area contributed by atoms with Gasteiger partial charge in [0.25, 0.3) is 0 Å². The minimum absolute atomic E-state index is 0.313. The van der Waals surface area contributed by atoms with Crippen LogP contribution < -0.4 is 5.73 Å². The van der Waals surface area contributed by atoms with Crippen molar-refractivity contribution in [2.75, 3.05) is 12.3 Å². The molecule has 3 heteroatoms. The van der Waals surface area contributed by atoms with E-state index >= 15 is 0 Å². The Morgan fingerprint density at radius 1 is 1.22 bits per heavy atom. The highest BCUT2D eigenvalue weighted by Gasteiger charge is 2.13. The predicted molar refractivity (Wildman–Crippen MR) is 74.8 cm³/mol. The molecule has 1 rings (SSSR count). The molecule has 0 unspecified atom stereocenters. The maximum Gasteiger partial charge on any atom is 0.340 e. The van der Waals surface area contributed by atoms with Gasteiger partial charge in [-0.15, -0.1) is 0 Å². The molecule has 0 fully saturated rings. The van der Waals surface area contributed by atoms with Crippen molar-refractivity contribution in [1.82, 2.24) is 0 Å². The number of esters is 1. The number of ether oxygens (including phenoxy) is 1. The zero-order chi connectivity index (χ0) is 13.5. The summed E-state index contributed by atoms with van der Waals surface area (Å²) in [7, 11) is 0. The zero-order valence-electron chi connectivity index (χ0n) is 11.6. The van der Waals surface area contributed by atoms with Gasteiger partial charge in [0.1, 0.15) is 0 Å². The van der Waals surface area contributed by atoms with Gasteiger partial charge in [0.05, 0.1) is 12.2 Å². The summed E-state index contributed by atoms with van der Waals surface area (Å²) in [5.41, 5.74) is 9.00. The van der Waals surface area contributed by atoms with Crippen LogP contribution in [0, 0.1) is 13.8 Å². The summed E-state index contributed by atoms with van der Waals surface area (Å²) in [6.07, 6.45) is 4.39. The molecule has 0 radical (unpaired) electrons. The molecule has 0 saturated carbocycles. The van der Waals surface area contributed by atoms with E-state index < -0.39 is 0 Å². The molecule has 0 aliphatic carbocycles. The Kier molecular flexibility index (Phi) is 5.69. The average molecular weight is 249 g/mol. The van der Waals surface area contributed by atoms with Crippen molar-refractivity contribution in [1.29, 1.82) is 0 Å². The van der Waals surface area contributed by atoms with Gasteiger partial charge < -0.3 is 10.5 Å². The molecule has 2 N–H and O–H groups in total. The van der Waals surface area contributed by atoms with Gasteiger partial charge >= 0.3 is 5.97 Å². The first-order valence-corrected chi connectivity index (χ1v) is 6.60. The molecule has 0 aliphatic heterocycles. The van der Waals surface area contributed by atoms with E-state index in [0.717, 1.165) is 24.0 Å². The highest BCUT2D eigenvalue weighted by atomic mass is 16.5. The maximum absolute atomic E-state index is 11.9. The van der Waals surface area contributed by atoms with E-state index in [4.69, 9.17) is 10.5 Å². The van der Waals surface area contributed by atoms with E-state index in [2.05, 4.69) is 6.92 Å². The number of anilines is 1. The third-order valence-electron chi connectivity index (χ3n) is 3.24. The molecule has 0 atom stereocenters. The lowest BCUT2D eigenvalue weighted by Gasteiger charge is -2.10. The number of carbonyl (C=O) groups excluding carboxylic acids is 1. The Hall–Kier alpha value is -1.51. The summed E-state index contributed by atoms with van der Waals surface area (Å²) >= 11 is 0. The number of benzene rings is 1. The summed E-state index contributed by atoms with van der Waals surface area (Å²) in [6, 6.07) is 3.64. The number of nitrogens with two attached hydrogens (primary N) is 1. The van der Waals surface area contributed by atoms with E-state index in [1.165, 1.54) is 12.8 Å². The zero-order valence-corrected chi connectivity index (χ0v) is 11.6. The van der Waals surface area contributed by atoms with Crippen LogP contribution in [0.5, 0.6) is 0 Å². The molecule has 18 heavy (non-hydrogen) atoms. The highest BCUT2D eigenvalue weighted by molar-refractivity contribution is 5.96. The molecular weight excluding hydrogens is 226 g/mol. The van der Waals surface area contributed by atoms with Gasteiger partial charge in [-0.25, -0.2) is 4.79 Å². The molecular formula is C15H23NO2. The number of aryl methyl sites for hydroxylation is 1. The molecule has 0 aromatic heterocycles. The summed E-state index contributed by atoms with van der Waals surface area (Å²) < 4.78 is 5.23. The lowest BCUT2D eigenvalue weighted by atomic mass is 10.0. The molecule has 0 saturated heterocycles. The first kappa shape index (κ1) is 14.6. The molecule has 0 spiro atoms. The van der Waals surface area contributed by atoms with Crippen LogP contribution in [0.25, 0.3) is 0 Å². The van der Waals surface area contributed by atoms with Crippen molar-refractivity contribution in [3.63, 3.8) is 0 Å². The van der Waals surface area contributed by atoms with Crippen LogP contribution in [0.4, 0.5) is 5.69 Å². The largest absolute Gasteiger partial charge is 0.462 e. The second kappa shape index (κ2) is 7.04. The van der Waals surface area contributed by atoms with Crippen molar-refractivity contribution >= 4 is 11.7 Å². The van der Waals surface area contributed by atoms with Crippen LogP contribution in [0.1, 0.15) is 54.1 Å². The predicted octanol–water partition coefficient (Wildman–Crippen LogP) is 3.62. The lowest BCUT2D eigenvalue weighted by molar-refractivity contribution is 0.0499. The van der Waals surface area contributed by atoms with Gasteiger partial charge in [-0.05, 0) is 37.5 Å². The second-order valence-corrected chi connectivity index (χ2v) is 4.67. The van der Waals surface area contributed by atoms with E-state index in [0.29, 0.717) is 17.9 Å². The first-order valence-electron chi connectivity index (χ1n) is 6.60. The molecule has 0 bridgehead atoms. The fourth-order valence-electron chi connectivity index (χ4n) is 1.79. The Morgan fingerprint density at radius 3 is 2.61 bits per heavy atom. The normalized spacial score (nSPS) is 10.4. The quantitative estimate of drug-likeness (QED) is 0.476. The topological polar surface area (TPSA) is 52.3 Å². The van der Waals surface area contributed by atoms with Crippen LogP contribution in [-0.4, -0.2) is 12.6 Å². The Morgan fingerprint density at radius 2 is 1.94 bits per heavy atom. The maximum atomic E-state index is 11.9. The smallest absolute Gasteiger partial charge is 0.340 e. The minimum atomic E-state index is -0.313. The van der Waals surface area contributed by atoms with Crippen molar-refractivity contribution in [2.24, 2.45) is 0 Å². The van der Waals surface area contributed by atoms with Crippen molar-refractivity contribution in [3.8, 4) is 0 Å². The van der Waals surface area contributed by atoms with Crippen LogP contribution in [0.15, 0.2) is 12.1 Å². The van der Waals surface area contributed by atoms with Gasteiger partial charge in [-0.3, -0.25) is 0 Å². The molecule has 0 amide bonds. The van der Waals surface area contributed by atoms with Crippen molar-refractivity contribution < 1.29 is 9.53 Å². The second-order valence-electron chi connectivity index (χ2n) is 4.67. The monoisotopic (exact) mass is 249 g/mol. The summed E-state index contributed by atoms with van der Waals surface area (Å²) in [6.45, 7) is 6.53. The number of hydrogen-bond acceptors (Lipinski definition) is 3. The standard InChI is InChI=1S/C15H23NO2/c1-4-5-6-7-10-18-15(17)13-9-8-11(2)12(3)14(13)16/h8-9H,4-7,10,16H2,1-3H3. The number of hydrogen-bond donors (Lipinski definition) is 1. The van der Waals surface area contributed by atoms with Gasteiger partial charge in [0.15, 0.2) is 0 Å². The number of rotatable bonds is 6. The third kappa shape index (κ3) is 3.76. The van der Waals surface area contributed by atoms with Crippen LogP contribution >= 0.6 is 0 Å². The van der Waals surface area contributed by atoms with Gasteiger partial charge in [0, 0.05) is 5.69 Å². The van der Waals surface area contributed by atoms with E-state index in [1.54, 1.807) is 6.07 Å². The SMILES string of the molecule is CCCCCCOC(=O)c1ccc(C)c(C)c1N. The van der Waals surface area contributed by atoms with E-state index in [1.807, 2.05) is 19.9 Å². The third-order valence-corrected chi connectivity index (χ3v) is 3.24. The number of unbranched alkanes of at least 4 members (excludes halogenated alkanes) is 3. The molecule has 1 aromatic carbocycles. The highest BCUT2D eigenvalue weighted by Crippen LogP contribution is 2.21. The van der Waals surface area contributed by atoms with Crippen LogP contribution in [-0.2, 0) is 4.74 Å². The summed E-state index contributed by atoms with van der Waals surface area (Å²) in [4.78, 5) is 11.9. The fourth-order valence-corrected chi connectivity index (χ4v) is 1.79. The molecule has 3 nitrogen and oxygen atoms in total. The van der Waals surface area contributed by atoms with Gasteiger partial charge in [0.2, 0.25) is 0 Å². The minimum Gasteiger partial charge on any atom is -0.462 e. The van der Waals surface area contributed by atoms with E-state index in [-0.39, 0.29) is 5.97 Å². The fraction of sp³-hybridized carbons (Fsp3) is 0.533. The lowest BCUT2D eigenvalue weighted by Crippen LogP contribution is -2.10. The number of nitrogen functional groups attached to an aromatic ring is 1. The van der Waals surface area contributed by atoms with Gasteiger partial charge in [-0.2, -0.15) is 0 Å². The van der Waals surface area contributed by atoms with Crippen LogP contribution in [0.2, 0.25) is 0 Å². The van der Waals surface area contributed by atoms with E-state index in [9.17, 15) is 4.79 Å². The summed E-state index contributed by atoms with van der Waals surface area (Å²) in [5, 5.41) is 0. The first-order chi connectivity index (χ1) is 8.57. The Balaban J connectivity index is 2.54. The van der Waals surface area contributed by atoms with Crippen molar-refractivity contribution in [2.45, 2.75) is 46.5 Å². The Labute approximate surface area is 109 Å². The van der Waals surface area contributed by atoms with Crippen molar-refractivity contribution in [3.05, 3.63) is 28.8 Å². The molecule has 1 aromatic rings. The summed E-state index contributed by atoms with van der Waals surface area (Å²) in [5.74, 6) is -0.313. The molecule has 100 valence electrons. The van der Waals surface area contributed by atoms with Gasteiger partial charge in [-0.1, -0.05) is 32.3 Å². The number of carbonyl (C=O) groups is 1. The molecule has 0 aliphatic rings. The van der Waals surface area contributed by atoms with Crippen LogP contribution in [0.3, 0.4) is 0 Å². The Bertz CT molecular complexity index is 413. The average Bonchev–Trinajstić information content (AvgIpc) is 2.35. The molecule has 0 heterocycles.